The Labute approximate surface area is 279 Å². The molecule has 0 saturated carbocycles. The fourth-order valence-electron chi connectivity index (χ4n) is 6.00. The van der Waals surface area contributed by atoms with E-state index >= 15 is 0 Å². The lowest BCUT2D eigenvalue weighted by molar-refractivity contribution is -0.161. The van der Waals surface area contributed by atoms with Crippen molar-refractivity contribution in [2.75, 3.05) is 13.2 Å². The number of carbonyl (C=O) groups is 2. The van der Waals surface area contributed by atoms with E-state index in [1.54, 1.807) is 0 Å². The van der Waals surface area contributed by atoms with E-state index < -0.39 is 6.10 Å². The molecule has 2 rings (SSSR count). The van der Waals surface area contributed by atoms with Crippen LogP contribution in [-0.2, 0) is 44.7 Å². The number of hydrogen-bond donors (Lipinski definition) is 1. The van der Waals surface area contributed by atoms with Crippen molar-refractivity contribution in [1.29, 1.82) is 0 Å². The summed E-state index contributed by atoms with van der Waals surface area (Å²) in [5.74, 6) is 3.92. The van der Waals surface area contributed by atoms with Crippen molar-refractivity contribution in [2.45, 2.75) is 176 Å². The second kappa shape index (κ2) is 22.9. The van der Waals surface area contributed by atoms with Crippen LogP contribution in [0.4, 0.5) is 0 Å². The van der Waals surface area contributed by atoms with Crippen LogP contribution in [0.1, 0.15) is 162 Å². The first-order chi connectivity index (χ1) is 22.2. The van der Waals surface area contributed by atoms with Crippen molar-refractivity contribution in [3.63, 3.8) is 0 Å². The van der Waals surface area contributed by atoms with Crippen LogP contribution in [0.3, 0.4) is 0 Å². The predicted octanol–water partition coefficient (Wildman–Crippen LogP) is 9.71. The van der Waals surface area contributed by atoms with Gasteiger partial charge in [0.1, 0.15) is 29.6 Å². The highest BCUT2D eigenvalue weighted by atomic mass is 16.6. The summed E-state index contributed by atoms with van der Waals surface area (Å²) in [6, 6.07) is 0. The molecule has 0 aliphatic carbocycles. The Morgan fingerprint density at radius 2 is 0.935 bits per heavy atom. The molecule has 2 aromatic heterocycles. The number of aryl methyl sites for hydroxylation is 4. The highest BCUT2D eigenvalue weighted by molar-refractivity contribution is 5.70. The van der Waals surface area contributed by atoms with Gasteiger partial charge in [0, 0.05) is 38.5 Å². The maximum atomic E-state index is 12.2. The molecule has 0 spiro atoms. The topological polar surface area (TPSA) is 99.1 Å². The predicted molar refractivity (Wildman–Crippen MR) is 184 cm³/mol. The molecular formula is C39H64O7. The second-order valence-corrected chi connectivity index (χ2v) is 13.1. The lowest BCUT2D eigenvalue weighted by atomic mass is 10.0. The van der Waals surface area contributed by atoms with Gasteiger partial charge in [-0.2, -0.15) is 0 Å². The van der Waals surface area contributed by atoms with Crippen LogP contribution < -0.4 is 0 Å². The molecule has 46 heavy (non-hydrogen) atoms. The van der Waals surface area contributed by atoms with E-state index in [4.69, 9.17) is 18.3 Å². The Kier molecular flexibility index (Phi) is 19.7. The monoisotopic (exact) mass is 644 g/mol. The van der Waals surface area contributed by atoms with Crippen LogP contribution in [0.25, 0.3) is 0 Å². The zero-order chi connectivity index (χ0) is 33.7. The summed E-state index contributed by atoms with van der Waals surface area (Å²) in [5.41, 5.74) is 5.24. The molecule has 1 atom stereocenters. The van der Waals surface area contributed by atoms with Crippen molar-refractivity contribution in [3.05, 3.63) is 45.3 Å². The molecule has 2 heterocycles. The Bertz CT molecular complexity index is 1140. The van der Waals surface area contributed by atoms with E-state index in [1.807, 2.05) is 0 Å². The fourth-order valence-corrected chi connectivity index (χ4v) is 6.00. The molecule has 0 bridgehead atoms. The number of aliphatic hydroxyl groups is 1. The van der Waals surface area contributed by atoms with Crippen LogP contribution in [-0.4, -0.2) is 36.4 Å². The van der Waals surface area contributed by atoms with Gasteiger partial charge in [0.25, 0.3) is 0 Å². The largest absolute Gasteiger partial charge is 0.466 e. The first-order valence-electron chi connectivity index (χ1n) is 18.3. The first kappa shape index (κ1) is 39.6. The summed E-state index contributed by atoms with van der Waals surface area (Å²) < 4.78 is 22.8. The maximum Gasteiger partial charge on any atom is 0.306 e. The fraction of sp³-hybridized carbons (Fsp3) is 0.744. The zero-order valence-electron chi connectivity index (χ0n) is 30.0. The minimum Gasteiger partial charge on any atom is -0.466 e. The molecule has 7 heteroatoms. The minimum absolute atomic E-state index is 0.0959. The van der Waals surface area contributed by atoms with E-state index in [2.05, 4.69) is 41.5 Å². The third-order valence-corrected chi connectivity index (χ3v) is 9.25. The molecule has 0 unspecified atom stereocenters. The van der Waals surface area contributed by atoms with Crippen molar-refractivity contribution in [3.8, 4) is 0 Å². The summed E-state index contributed by atoms with van der Waals surface area (Å²) in [4.78, 5) is 24.4. The molecule has 2 aromatic rings. The summed E-state index contributed by atoms with van der Waals surface area (Å²) in [5, 5.41) is 9.58. The van der Waals surface area contributed by atoms with Crippen LogP contribution in [0.5, 0.6) is 0 Å². The number of aliphatic hydroxyl groups excluding tert-OH is 1. The van der Waals surface area contributed by atoms with Crippen LogP contribution in [0.15, 0.2) is 8.83 Å². The average Bonchev–Trinajstić information content (AvgIpc) is 3.46. The molecule has 0 aliphatic rings. The van der Waals surface area contributed by atoms with E-state index in [0.29, 0.717) is 12.8 Å². The Morgan fingerprint density at radius 3 is 1.35 bits per heavy atom. The third-order valence-electron chi connectivity index (χ3n) is 9.25. The van der Waals surface area contributed by atoms with Gasteiger partial charge in [-0.05, 0) is 88.5 Å². The van der Waals surface area contributed by atoms with Gasteiger partial charge >= 0.3 is 11.9 Å². The van der Waals surface area contributed by atoms with Crippen molar-refractivity contribution >= 4 is 11.9 Å². The van der Waals surface area contributed by atoms with E-state index in [0.717, 1.165) is 139 Å². The molecule has 0 aliphatic heterocycles. The van der Waals surface area contributed by atoms with Gasteiger partial charge in [0.15, 0.2) is 6.10 Å². The standard InChI is InChI=1S/C39H64O7/c1-7-21-34-29(3)31(5)36(45-34)23-17-13-9-11-15-19-25-38(41)43-28-33(27-40)44-39(42)26-20-16-12-10-14-18-24-37-32(6)30(4)35(46-37)22-8-2/h33,40H,7-28H2,1-6H3/t33-/m0/s1. The summed E-state index contributed by atoms with van der Waals surface area (Å²) in [7, 11) is 0. The number of ether oxygens (including phenoxy) is 2. The van der Waals surface area contributed by atoms with Crippen molar-refractivity contribution in [2.24, 2.45) is 0 Å². The van der Waals surface area contributed by atoms with Gasteiger partial charge in [0.05, 0.1) is 6.61 Å². The number of hydrogen-bond acceptors (Lipinski definition) is 7. The van der Waals surface area contributed by atoms with Crippen LogP contribution >= 0.6 is 0 Å². The second-order valence-electron chi connectivity index (χ2n) is 13.1. The molecule has 262 valence electrons. The molecule has 0 amide bonds. The highest BCUT2D eigenvalue weighted by Crippen LogP contribution is 2.25. The number of rotatable bonds is 26. The van der Waals surface area contributed by atoms with Gasteiger partial charge in [0.2, 0.25) is 0 Å². The molecule has 0 fully saturated rings. The molecular weight excluding hydrogens is 580 g/mol. The van der Waals surface area contributed by atoms with Gasteiger partial charge in [-0.3, -0.25) is 9.59 Å². The lowest BCUT2D eigenvalue weighted by Crippen LogP contribution is -2.28. The normalized spacial score (nSPS) is 12.1. The molecule has 0 saturated heterocycles. The molecule has 0 radical (unpaired) electrons. The Morgan fingerprint density at radius 1 is 0.565 bits per heavy atom. The minimum atomic E-state index is -0.803. The summed E-state index contributed by atoms with van der Waals surface area (Å²) >= 11 is 0. The van der Waals surface area contributed by atoms with E-state index in [-0.39, 0.29) is 25.2 Å². The van der Waals surface area contributed by atoms with E-state index in [9.17, 15) is 14.7 Å². The SMILES string of the molecule is CCCc1oc(CCCCCCCCC(=O)OC[C@H](CO)OC(=O)CCCCCCCCc2oc(CCC)c(C)c2C)c(C)c1C. The quantitative estimate of drug-likeness (QED) is 0.0804. The van der Waals surface area contributed by atoms with Gasteiger partial charge in [-0.25, -0.2) is 0 Å². The summed E-state index contributed by atoms with van der Waals surface area (Å²) in [6.07, 6.45) is 18.5. The van der Waals surface area contributed by atoms with Gasteiger partial charge in [-0.15, -0.1) is 0 Å². The van der Waals surface area contributed by atoms with Crippen molar-refractivity contribution < 1.29 is 33.0 Å². The molecule has 0 aromatic carbocycles. The maximum absolute atomic E-state index is 12.2. The number of unbranched alkanes of at least 4 members (excludes halogenated alkanes) is 10. The zero-order valence-corrected chi connectivity index (χ0v) is 30.0. The van der Waals surface area contributed by atoms with Crippen LogP contribution in [0, 0.1) is 27.7 Å². The van der Waals surface area contributed by atoms with E-state index in [1.165, 1.54) is 22.3 Å². The van der Waals surface area contributed by atoms with Gasteiger partial charge in [-0.1, -0.05) is 65.2 Å². The van der Waals surface area contributed by atoms with Gasteiger partial charge < -0.3 is 23.4 Å². The highest BCUT2D eigenvalue weighted by Gasteiger charge is 2.17. The lowest BCUT2D eigenvalue weighted by Gasteiger charge is -2.15. The van der Waals surface area contributed by atoms with Crippen LogP contribution in [0.2, 0.25) is 0 Å². The molecule has 1 N–H and O–H groups in total. The number of carbonyl (C=O) groups excluding carboxylic acids is 2. The molecule has 7 nitrogen and oxygen atoms in total. The first-order valence-corrected chi connectivity index (χ1v) is 18.3. The third kappa shape index (κ3) is 14.5. The van der Waals surface area contributed by atoms with Crippen molar-refractivity contribution in [1.82, 2.24) is 0 Å². The summed E-state index contributed by atoms with van der Waals surface area (Å²) in [6.45, 7) is 12.6. The smallest absolute Gasteiger partial charge is 0.306 e. The average molecular weight is 645 g/mol. The Balaban J connectivity index is 1.45. The number of furan rings is 2. The Hall–Kier alpha value is -2.54. The number of esters is 2.